The fourth-order valence-electron chi connectivity index (χ4n) is 9.83. The van der Waals surface area contributed by atoms with Crippen molar-refractivity contribution < 1.29 is 39.1 Å². The maximum atomic E-state index is 12.8. The van der Waals surface area contributed by atoms with Crippen LogP contribution in [0.3, 0.4) is 0 Å². The predicted molar refractivity (Wildman–Crippen MR) is 173 cm³/mol. The van der Waals surface area contributed by atoms with E-state index in [1.807, 2.05) is 0 Å². The van der Waals surface area contributed by atoms with E-state index < -0.39 is 46.6 Å². The molecular formula is C37H58O8. The molecule has 0 aromatic carbocycles. The van der Waals surface area contributed by atoms with Gasteiger partial charge in [0.2, 0.25) is 0 Å². The van der Waals surface area contributed by atoms with E-state index in [9.17, 15) is 19.8 Å². The van der Waals surface area contributed by atoms with Gasteiger partial charge in [-0.15, -0.1) is 0 Å². The fourth-order valence-corrected chi connectivity index (χ4v) is 9.83. The predicted octanol–water partition coefficient (Wildman–Crippen LogP) is 6.65. The second-order valence-electron chi connectivity index (χ2n) is 15.5. The Morgan fingerprint density at radius 1 is 1.07 bits per heavy atom. The number of fused-ring (bicyclic) bond motifs is 4. The highest BCUT2D eigenvalue weighted by molar-refractivity contribution is 5.70. The van der Waals surface area contributed by atoms with E-state index in [1.165, 1.54) is 30.8 Å². The standard InChI is InChI=1S/C37H58O8/c1-21(2)22(3)13-14-23(4)26-16-17-27-25-15-18-29-35(6,7)33(45-30(40)12-11-19-43-42-10)28(39)20-36(29,8)31(25)32(41)34(37(26,27)9)44-24(5)38/h17,21,23,26,28-29,32-34,39,41H,3,11-16,18-20H2,1-2,4-10H3/t23-,26-,28?,29?,32?,33?,34?,36?,37?/m1/s1. The van der Waals surface area contributed by atoms with Crippen molar-refractivity contribution in [1.29, 1.82) is 0 Å². The quantitative estimate of drug-likeness (QED) is 0.0811. The molecular weight excluding hydrogens is 572 g/mol. The number of aliphatic hydroxyl groups is 2. The number of ether oxygens (including phenoxy) is 2. The van der Waals surface area contributed by atoms with Gasteiger partial charge in [0.05, 0.1) is 19.8 Å². The maximum absolute atomic E-state index is 12.8. The molecule has 4 aliphatic carbocycles. The lowest BCUT2D eigenvalue weighted by Gasteiger charge is -2.62. The molecule has 0 heterocycles. The van der Waals surface area contributed by atoms with Crippen LogP contribution in [0.2, 0.25) is 0 Å². The molecule has 254 valence electrons. The third kappa shape index (κ3) is 6.46. The van der Waals surface area contributed by atoms with Gasteiger partial charge in [-0.2, -0.15) is 0 Å². The molecule has 7 unspecified atom stereocenters. The van der Waals surface area contributed by atoms with Gasteiger partial charge in [-0.05, 0) is 90.8 Å². The van der Waals surface area contributed by atoms with Crippen LogP contribution in [0.15, 0.2) is 34.9 Å². The number of rotatable bonds is 12. The Morgan fingerprint density at radius 3 is 2.38 bits per heavy atom. The summed E-state index contributed by atoms with van der Waals surface area (Å²) in [6.45, 7) is 21.1. The summed E-state index contributed by atoms with van der Waals surface area (Å²) in [4.78, 5) is 34.9. The van der Waals surface area contributed by atoms with Crippen molar-refractivity contribution >= 4 is 11.9 Å². The van der Waals surface area contributed by atoms with Crippen molar-refractivity contribution in [2.45, 2.75) is 131 Å². The van der Waals surface area contributed by atoms with Crippen molar-refractivity contribution in [2.75, 3.05) is 13.7 Å². The Hall–Kier alpha value is -2.00. The van der Waals surface area contributed by atoms with Gasteiger partial charge >= 0.3 is 11.9 Å². The Morgan fingerprint density at radius 2 is 1.76 bits per heavy atom. The zero-order valence-electron chi connectivity index (χ0n) is 29.1. The summed E-state index contributed by atoms with van der Waals surface area (Å²) in [5.41, 5.74) is 2.84. The monoisotopic (exact) mass is 630 g/mol. The lowest BCUT2D eigenvalue weighted by atomic mass is 9.45. The number of carbonyl (C=O) groups is 2. The summed E-state index contributed by atoms with van der Waals surface area (Å²) in [6, 6.07) is 0. The smallest absolute Gasteiger partial charge is 0.306 e. The molecule has 0 aromatic rings. The first kappa shape index (κ1) is 35.8. The minimum Gasteiger partial charge on any atom is -0.459 e. The average Bonchev–Trinajstić information content (AvgIpc) is 3.31. The van der Waals surface area contributed by atoms with Gasteiger partial charge in [0.1, 0.15) is 18.3 Å². The first-order valence-electron chi connectivity index (χ1n) is 17.0. The first-order chi connectivity index (χ1) is 21.0. The molecule has 4 rings (SSSR count). The fraction of sp³-hybridized carbons (Fsp3) is 0.784. The van der Waals surface area contributed by atoms with Gasteiger partial charge in [0, 0.05) is 24.2 Å². The minimum absolute atomic E-state index is 0.0255. The lowest BCUT2D eigenvalue weighted by molar-refractivity contribution is -0.272. The van der Waals surface area contributed by atoms with E-state index in [1.54, 1.807) is 0 Å². The van der Waals surface area contributed by atoms with Gasteiger partial charge in [-0.1, -0.05) is 66.7 Å². The van der Waals surface area contributed by atoms with Crippen LogP contribution in [-0.2, 0) is 28.8 Å². The molecule has 45 heavy (non-hydrogen) atoms. The Kier molecular flexibility index (Phi) is 10.8. The zero-order valence-corrected chi connectivity index (χ0v) is 29.1. The normalized spacial score (nSPS) is 36.0. The number of carbonyl (C=O) groups excluding carboxylic acids is 2. The maximum Gasteiger partial charge on any atom is 0.306 e. The van der Waals surface area contributed by atoms with E-state index in [0.717, 1.165) is 37.7 Å². The molecule has 4 aliphatic rings. The van der Waals surface area contributed by atoms with Crippen molar-refractivity contribution in [3.05, 3.63) is 34.9 Å². The molecule has 1 fully saturated rings. The molecule has 8 nitrogen and oxygen atoms in total. The zero-order chi connectivity index (χ0) is 33.5. The Bertz CT molecular complexity index is 1200. The van der Waals surface area contributed by atoms with E-state index in [0.29, 0.717) is 24.7 Å². The third-order valence-electron chi connectivity index (χ3n) is 12.1. The largest absolute Gasteiger partial charge is 0.459 e. The molecule has 0 spiro atoms. The Balaban J connectivity index is 1.67. The minimum atomic E-state index is -1.000. The van der Waals surface area contributed by atoms with Crippen LogP contribution in [-0.4, -0.2) is 60.3 Å². The molecule has 0 aromatic heterocycles. The van der Waals surface area contributed by atoms with Gasteiger partial charge in [0.15, 0.2) is 0 Å². The molecule has 0 bridgehead atoms. The molecule has 9 atom stereocenters. The van der Waals surface area contributed by atoms with Crippen LogP contribution in [0.5, 0.6) is 0 Å². The molecule has 8 heteroatoms. The number of esters is 2. The van der Waals surface area contributed by atoms with Crippen LogP contribution in [0.25, 0.3) is 0 Å². The molecule has 2 N–H and O–H groups in total. The first-order valence-corrected chi connectivity index (χ1v) is 17.0. The van der Waals surface area contributed by atoms with Crippen molar-refractivity contribution in [1.82, 2.24) is 0 Å². The van der Waals surface area contributed by atoms with Crippen LogP contribution in [0.1, 0.15) is 107 Å². The van der Waals surface area contributed by atoms with Crippen LogP contribution >= 0.6 is 0 Å². The summed E-state index contributed by atoms with van der Waals surface area (Å²) in [5, 5.41) is 24.0. The number of hydrogen-bond donors (Lipinski definition) is 2. The topological polar surface area (TPSA) is 112 Å². The average molecular weight is 631 g/mol. The van der Waals surface area contributed by atoms with Crippen molar-refractivity contribution in [3.8, 4) is 0 Å². The second-order valence-corrected chi connectivity index (χ2v) is 15.5. The third-order valence-corrected chi connectivity index (χ3v) is 12.1. The van der Waals surface area contributed by atoms with Gasteiger partial charge in [-0.3, -0.25) is 9.59 Å². The molecule has 0 radical (unpaired) electrons. The van der Waals surface area contributed by atoms with Crippen LogP contribution < -0.4 is 0 Å². The van der Waals surface area contributed by atoms with Crippen molar-refractivity contribution in [3.63, 3.8) is 0 Å². The van der Waals surface area contributed by atoms with Crippen molar-refractivity contribution in [2.24, 2.45) is 39.9 Å². The highest BCUT2D eigenvalue weighted by Gasteiger charge is 2.65. The number of allylic oxidation sites excluding steroid dienone is 3. The number of aliphatic hydroxyl groups excluding tert-OH is 2. The summed E-state index contributed by atoms with van der Waals surface area (Å²) >= 11 is 0. The molecule has 1 saturated carbocycles. The number of hydrogen-bond acceptors (Lipinski definition) is 8. The van der Waals surface area contributed by atoms with E-state index >= 15 is 0 Å². The Labute approximate surface area is 270 Å². The van der Waals surface area contributed by atoms with E-state index in [4.69, 9.17) is 14.4 Å². The lowest BCUT2D eigenvalue weighted by Crippen LogP contribution is -2.63. The molecule has 0 aliphatic heterocycles. The van der Waals surface area contributed by atoms with Crippen LogP contribution in [0.4, 0.5) is 0 Å². The highest BCUT2D eigenvalue weighted by Crippen LogP contribution is 2.67. The molecule has 0 saturated heterocycles. The second kappa shape index (κ2) is 13.6. The SMILES string of the molecule is C=C(CC[C@@H](C)[C@H]1CC=C2C3=C(C(O)C(OC(C)=O)C21C)C1(C)CC(O)C(OC(=O)CCCOOC)C(C)(C)C1CC3)C(C)C. The summed E-state index contributed by atoms with van der Waals surface area (Å²) in [6.07, 6.45) is 4.41. The van der Waals surface area contributed by atoms with Gasteiger partial charge in [-0.25, -0.2) is 9.78 Å². The summed E-state index contributed by atoms with van der Waals surface area (Å²) in [7, 11) is 1.42. The van der Waals surface area contributed by atoms with Gasteiger partial charge < -0.3 is 19.7 Å². The van der Waals surface area contributed by atoms with Gasteiger partial charge in [0.25, 0.3) is 0 Å². The van der Waals surface area contributed by atoms with E-state index in [2.05, 4.69) is 66.0 Å². The van der Waals surface area contributed by atoms with E-state index in [-0.39, 0.29) is 30.8 Å². The molecule has 0 amide bonds. The summed E-state index contributed by atoms with van der Waals surface area (Å²) in [5.74, 6) is 0.232. The summed E-state index contributed by atoms with van der Waals surface area (Å²) < 4.78 is 12.1. The highest BCUT2D eigenvalue weighted by atomic mass is 17.2. The van der Waals surface area contributed by atoms with Crippen LogP contribution in [0, 0.1) is 39.9 Å².